The van der Waals surface area contributed by atoms with Gasteiger partial charge in [-0.05, 0) is 0 Å². The minimum absolute atomic E-state index is 1.10. The van der Waals surface area contributed by atoms with E-state index in [0.717, 1.165) is 0 Å². The third-order valence-corrected chi connectivity index (χ3v) is 7.12. The third-order valence-electron chi connectivity index (χ3n) is 5.35. The van der Waals surface area contributed by atoms with Crippen molar-refractivity contribution < 1.29 is 144 Å². The fraction of sp³-hybridized carbons (Fsp3) is 1.00. The first-order valence-electron chi connectivity index (χ1n) is 11.0. The van der Waals surface area contributed by atoms with Crippen LogP contribution in [0.15, 0.2) is 0 Å². The summed E-state index contributed by atoms with van der Waals surface area (Å²) in [6.45, 7) is -4.75. The summed E-state index contributed by atoms with van der Waals surface area (Å²) in [5, 5.41) is 48.9. The fourth-order valence-corrected chi connectivity index (χ4v) is 5.55. The van der Waals surface area contributed by atoms with Crippen molar-refractivity contribution in [3.8, 4) is 0 Å². The first-order chi connectivity index (χ1) is 21.6. The third kappa shape index (κ3) is 13.3. The molecule has 35 heteroatoms. The van der Waals surface area contributed by atoms with Crippen molar-refractivity contribution in [1.29, 1.82) is 0 Å². The molecule has 2 unspecified atom stereocenters. The van der Waals surface area contributed by atoms with Gasteiger partial charge in [0.1, 0.15) is 31.5 Å². The largest absolute Gasteiger partial charge is 0.397 e. The van der Waals surface area contributed by atoms with Crippen LogP contribution in [0, 0.1) is 0 Å². The van der Waals surface area contributed by atoms with Gasteiger partial charge >= 0.3 is 41.6 Å². The van der Waals surface area contributed by atoms with Gasteiger partial charge in [-0.25, -0.2) is 42.6 Å². The van der Waals surface area contributed by atoms with Crippen molar-refractivity contribution in [3.05, 3.63) is 0 Å². The summed E-state index contributed by atoms with van der Waals surface area (Å²) in [5.41, 5.74) is 0. The highest BCUT2D eigenvalue weighted by atomic mass is 32.3. The molecule has 0 aromatic carbocycles. The van der Waals surface area contributed by atoms with Crippen molar-refractivity contribution in [2.75, 3.05) is 19.8 Å². The zero-order valence-corrected chi connectivity index (χ0v) is 25.1. The van der Waals surface area contributed by atoms with Crippen LogP contribution in [0.1, 0.15) is 0 Å². The van der Waals surface area contributed by atoms with E-state index in [9.17, 15) is 47.3 Å². The van der Waals surface area contributed by atoms with E-state index in [1.165, 1.54) is 0 Å². The van der Waals surface area contributed by atoms with Crippen molar-refractivity contribution in [2.45, 2.75) is 54.8 Å². The van der Waals surface area contributed by atoms with Crippen molar-refractivity contribution in [2.24, 2.45) is 0 Å². The Morgan fingerprint density at radius 3 is 1.60 bits per heavy atom. The summed E-state index contributed by atoms with van der Waals surface area (Å²) in [5.74, 6) is -3.62. The number of hydrogen-bond donors (Lipinski definition) is 8. The lowest BCUT2D eigenvalue weighted by Crippen LogP contribution is -2.65. The second kappa shape index (κ2) is 17.2. The van der Waals surface area contributed by atoms with Crippen LogP contribution in [0.2, 0.25) is 0 Å². The molecule has 0 aliphatic carbocycles. The van der Waals surface area contributed by atoms with Crippen LogP contribution in [-0.4, -0.2) is 148 Å². The lowest BCUT2D eigenvalue weighted by Gasteiger charge is -2.44. The molecule has 8 N–H and O–H groups in total. The highest BCUT2D eigenvalue weighted by Crippen LogP contribution is 2.42. The Labute approximate surface area is 259 Å². The summed E-state index contributed by atoms with van der Waals surface area (Å²) < 4.78 is 161. The van der Waals surface area contributed by atoms with Crippen LogP contribution in [0.5, 0.6) is 0 Å². The van der Waals surface area contributed by atoms with Gasteiger partial charge in [-0.2, -0.15) is 48.3 Å². The van der Waals surface area contributed by atoms with Gasteiger partial charge in [0.25, 0.3) is 0 Å². The molecule has 0 aromatic rings. The van der Waals surface area contributed by atoms with E-state index < -0.39 is 116 Å². The molecule has 0 spiro atoms. The molecule has 2 aliphatic heterocycles. The lowest BCUT2D eigenvalue weighted by atomic mass is 9.98. The van der Waals surface area contributed by atoms with Crippen LogP contribution < -0.4 is 0 Å². The Kier molecular flexibility index (Phi) is 15.4. The molecular formula is C12H22O31S4. The average Bonchev–Trinajstić information content (AvgIpc) is 3.17. The van der Waals surface area contributed by atoms with Gasteiger partial charge in [-0.15, -0.1) is 0 Å². The molecule has 2 heterocycles. The number of hydrogen-bond acceptors (Lipinski definition) is 27. The van der Waals surface area contributed by atoms with Gasteiger partial charge in [0.15, 0.2) is 30.7 Å². The van der Waals surface area contributed by atoms with Gasteiger partial charge in [0.2, 0.25) is 5.79 Å². The normalized spacial score (nSPS) is 32.5. The van der Waals surface area contributed by atoms with Crippen LogP contribution in [0.4, 0.5) is 0 Å². The van der Waals surface area contributed by atoms with E-state index in [2.05, 4.69) is 56.4 Å². The van der Waals surface area contributed by atoms with Crippen molar-refractivity contribution in [3.63, 3.8) is 0 Å². The molecule has 0 saturated carbocycles. The second-order valence-corrected chi connectivity index (χ2v) is 12.5. The number of rotatable bonds is 21. The van der Waals surface area contributed by atoms with Gasteiger partial charge in [0, 0.05) is 0 Å². The molecule has 31 nitrogen and oxygen atoms in total. The summed E-state index contributed by atoms with van der Waals surface area (Å²) in [4.78, 5) is 17.5. The van der Waals surface area contributed by atoms with E-state index >= 15 is 0 Å². The highest BCUT2D eigenvalue weighted by Gasteiger charge is 2.65. The zero-order chi connectivity index (χ0) is 35.8. The summed E-state index contributed by atoms with van der Waals surface area (Å²) in [6.07, 6.45) is -19.9. The minimum Gasteiger partial charge on any atom is -0.341 e. The molecular weight excluding hydrogens is 768 g/mol. The zero-order valence-electron chi connectivity index (χ0n) is 21.8. The smallest absolute Gasteiger partial charge is 0.341 e. The number of ether oxygens (including phenoxy) is 3. The molecule has 2 rings (SSSR count). The van der Waals surface area contributed by atoms with Crippen molar-refractivity contribution >= 4 is 41.6 Å². The Bertz CT molecular complexity index is 1410. The topological polar surface area (TPSA) is 437 Å². The first-order valence-corrected chi connectivity index (χ1v) is 16.4. The summed E-state index contributed by atoms with van der Waals surface area (Å²) in [6, 6.07) is 0. The maximum atomic E-state index is 11.8. The van der Waals surface area contributed by atoms with E-state index in [-0.39, 0.29) is 0 Å². The maximum Gasteiger partial charge on any atom is 0.397 e. The molecule has 0 bridgehead atoms. The Balaban J connectivity index is 2.82. The van der Waals surface area contributed by atoms with Crippen LogP contribution >= 0.6 is 0 Å². The fourth-order valence-electron chi connectivity index (χ4n) is 3.91. The predicted octanol–water partition coefficient (Wildman–Crippen LogP) is -4.37. The molecule has 9 atom stereocenters. The van der Waals surface area contributed by atoms with E-state index in [1.807, 2.05) is 0 Å². The van der Waals surface area contributed by atoms with E-state index in [4.69, 9.17) is 39.8 Å². The highest BCUT2D eigenvalue weighted by molar-refractivity contribution is 7.81. The molecule has 2 fully saturated rings. The summed E-state index contributed by atoms with van der Waals surface area (Å²) in [7, 11) is -23.0. The molecule has 0 aromatic heterocycles. The molecule has 47 heavy (non-hydrogen) atoms. The molecule has 2 saturated heterocycles. The second-order valence-electron chi connectivity index (χ2n) is 8.23. The first kappa shape index (κ1) is 42.0. The SMILES string of the molecule is O=S(=O)(O)OC[C@H]1O[C@@](COS(=O)(=O)O)(O[C@@H]2OC(COOO)[C@@H](OOO)[C@H](OOO)C2OOO)[C@H](OS(=O)(=O)O)[C@@H]1OS(=O)(=O)O. The Morgan fingerprint density at radius 1 is 0.574 bits per heavy atom. The lowest BCUT2D eigenvalue weighted by molar-refractivity contribution is -0.596. The molecule has 0 amide bonds. The quantitative estimate of drug-likeness (QED) is 0.0309. The molecule has 2 aliphatic rings. The van der Waals surface area contributed by atoms with Gasteiger partial charge in [-0.3, -0.25) is 18.2 Å². The van der Waals surface area contributed by atoms with Crippen LogP contribution in [0.3, 0.4) is 0 Å². The van der Waals surface area contributed by atoms with Gasteiger partial charge in [-0.1, -0.05) is 20.2 Å². The van der Waals surface area contributed by atoms with E-state index in [1.54, 1.807) is 0 Å². The molecule has 280 valence electrons. The van der Waals surface area contributed by atoms with Crippen molar-refractivity contribution in [1.82, 2.24) is 0 Å². The predicted molar refractivity (Wildman–Crippen MR) is 121 cm³/mol. The standard InChI is InChI=1S/C12H22O31S4/c13-40-29-1-4-6(35-41-14)8(36-42-15)9(37-43-16)11(32-4)34-12(3-31-45(20,21)22)10(39-47(26,27)28)7(38-46(23,24)25)5(33-12)2-30-44(17,18)19/h4-11,13-16H,1-3H2,(H,17,18,19)(H,20,21,22)(H,23,24,25)(H,26,27,28)/t4?,5-,6-,7-,8+,9?,10-,11+,12+/m1/s1. The Hall–Kier alpha value is -1.12. The Morgan fingerprint density at radius 2 is 1.11 bits per heavy atom. The summed E-state index contributed by atoms with van der Waals surface area (Å²) >= 11 is 0. The molecule has 0 radical (unpaired) electrons. The maximum absolute atomic E-state index is 11.8. The van der Waals surface area contributed by atoms with Crippen LogP contribution in [-0.2, 0) is 112 Å². The van der Waals surface area contributed by atoms with Crippen LogP contribution in [0.25, 0.3) is 0 Å². The van der Waals surface area contributed by atoms with Gasteiger partial charge in [0.05, 0.1) is 6.61 Å². The minimum atomic E-state index is -5.95. The monoisotopic (exact) mass is 790 g/mol. The van der Waals surface area contributed by atoms with Gasteiger partial charge < -0.3 is 14.2 Å². The van der Waals surface area contributed by atoms with E-state index in [0.29, 0.717) is 0 Å². The average molecular weight is 791 g/mol.